The van der Waals surface area contributed by atoms with E-state index in [1.54, 1.807) is 0 Å². The molecule has 0 saturated heterocycles. The first kappa shape index (κ1) is 10.6. The first-order valence-electron chi connectivity index (χ1n) is 6.60. The van der Waals surface area contributed by atoms with Crippen LogP contribution in [0.25, 0.3) is 22.5 Å². The Morgan fingerprint density at radius 2 is 1.42 bits per heavy atom. The standard InChI is InChI=1S/C18H14O/c1-12-10-17-15-8-4-2-6-13(15)11-14-7-3-5-9-16(14)18(17)19-12/h2-10H,11H2,1H3. The van der Waals surface area contributed by atoms with E-state index >= 15 is 0 Å². The molecule has 1 heteroatoms. The topological polar surface area (TPSA) is 13.1 Å². The molecule has 1 aromatic heterocycles. The molecule has 0 bridgehead atoms. The van der Waals surface area contributed by atoms with Gasteiger partial charge in [0.15, 0.2) is 0 Å². The van der Waals surface area contributed by atoms with Crippen LogP contribution in [0.3, 0.4) is 0 Å². The lowest BCUT2D eigenvalue weighted by molar-refractivity contribution is 0.548. The van der Waals surface area contributed by atoms with Gasteiger partial charge in [-0.15, -0.1) is 0 Å². The molecule has 0 atom stereocenters. The molecule has 0 unspecified atom stereocenters. The predicted molar refractivity (Wildman–Crippen MR) is 77.1 cm³/mol. The zero-order valence-corrected chi connectivity index (χ0v) is 10.8. The lowest BCUT2D eigenvalue weighted by Crippen LogP contribution is -1.89. The first-order valence-corrected chi connectivity index (χ1v) is 6.60. The van der Waals surface area contributed by atoms with Crippen LogP contribution in [0.15, 0.2) is 59.0 Å². The molecule has 0 N–H and O–H groups in total. The van der Waals surface area contributed by atoms with Crippen LogP contribution < -0.4 is 0 Å². The molecule has 0 amide bonds. The van der Waals surface area contributed by atoms with Gasteiger partial charge >= 0.3 is 0 Å². The van der Waals surface area contributed by atoms with Gasteiger partial charge in [0.1, 0.15) is 11.5 Å². The van der Waals surface area contributed by atoms with Crippen LogP contribution >= 0.6 is 0 Å². The van der Waals surface area contributed by atoms with Crippen molar-refractivity contribution in [2.45, 2.75) is 13.3 Å². The van der Waals surface area contributed by atoms with E-state index in [-0.39, 0.29) is 0 Å². The first-order chi connectivity index (χ1) is 9.33. The van der Waals surface area contributed by atoms with Crippen LogP contribution in [0.4, 0.5) is 0 Å². The van der Waals surface area contributed by atoms with E-state index in [1.807, 2.05) is 6.92 Å². The van der Waals surface area contributed by atoms with Crippen molar-refractivity contribution in [1.82, 2.24) is 0 Å². The SMILES string of the molecule is Cc1cc2c(o1)-c1ccccc1Cc1ccccc1-2. The average Bonchev–Trinajstić information content (AvgIpc) is 2.76. The third-order valence-corrected chi connectivity index (χ3v) is 3.81. The smallest absolute Gasteiger partial charge is 0.142 e. The summed E-state index contributed by atoms with van der Waals surface area (Å²) in [7, 11) is 0. The zero-order valence-electron chi connectivity index (χ0n) is 10.8. The molecule has 92 valence electrons. The van der Waals surface area contributed by atoms with Gasteiger partial charge in [-0.3, -0.25) is 0 Å². The van der Waals surface area contributed by atoms with Gasteiger partial charge in [0.05, 0.1) is 0 Å². The molecule has 0 saturated carbocycles. The quantitative estimate of drug-likeness (QED) is 0.433. The molecular formula is C18H14O. The van der Waals surface area contributed by atoms with Crippen LogP contribution in [0.2, 0.25) is 0 Å². The van der Waals surface area contributed by atoms with Crippen LogP contribution in [0.1, 0.15) is 16.9 Å². The van der Waals surface area contributed by atoms with Gasteiger partial charge in [0, 0.05) is 11.1 Å². The third-order valence-electron chi connectivity index (χ3n) is 3.81. The van der Waals surface area contributed by atoms with Crippen molar-refractivity contribution in [2.75, 3.05) is 0 Å². The second-order valence-electron chi connectivity index (χ2n) is 5.09. The summed E-state index contributed by atoms with van der Waals surface area (Å²) in [5, 5.41) is 0. The Labute approximate surface area is 112 Å². The molecule has 1 aliphatic rings. The molecule has 1 aliphatic carbocycles. The summed E-state index contributed by atoms with van der Waals surface area (Å²) in [6.07, 6.45) is 0.968. The van der Waals surface area contributed by atoms with Crippen LogP contribution in [0.5, 0.6) is 0 Å². The molecular weight excluding hydrogens is 232 g/mol. The normalized spacial score (nSPS) is 12.3. The van der Waals surface area contributed by atoms with Crippen molar-refractivity contribution in [2.24, 2.45) is 0 Å². The van der Waals surface area contributed by atoms with E-state index in [1.165, 1.54) is 27.8 Å². The van der Waals surface area contributed by atoms with E-state index in [0.717, 1.165) is 17.9 Å². The Kier molecular flexibility index (Phi) is 2.16. The Morgan fingerprint density at radius 1 is 0.789 bits per heavy atom. The maximum absolute atomic E-state index is 5.97. The third kappa shape index (κ3) is 1.55. The summed E-state index contributed by atoms with van der Waals surface area (Å²) in [5.41, 5.74) is 6.45. The Hall–Kier alpha value is -2.28. The van der Waals surface area contributed by atoms with E-state index in [2.05, 4.69) is 54.6 Å². The minimum atomic E-state index is 0.968. The van der Waals surface area contributed by atoms with E-state index in [9.17, 15) is 0 Å². The highest BCUT2D eigenvalue weighted by molar-refractivity contribution is 5.85. The number of hydrogen-bond donors (Lipinski definition) is 0. The number of fused-ring (bicyclic) bond motifs is 5. The lowest BCUT2D eigenvalue weighted by Gasteiger charge is -2.05. The van der Waals surface area contributed by atoms with E-state index < -0.39 is 0 Å². The van der Waals surface area contributed by atoms with Crippen LogP contribution in [-0.4, -0.2) is 0 Å². The summed E-state index contributed by atoms with van der Waals surface area (Å²) in [6.45, 7) is 2.01. The molecule has 0 fully saturated rings. The Bertz CT molecular complexity index is 702. The molecule has 1 nitrogen and oxygen atoms in total. The van der Waals surface area contributed by atoms with Crippen molar-refractivity contribution in [1.29, 1.82) is 0 Å². The molecule has 19 heavy (non-hydrogen) atoms. The lowest BCUT2D eigenvalue weighted by atomic mass is 9.99. The van der Waals surface area contributed by atoms with E-state index in [4.69, 9.17) is 4.42 Å². The number of hydrogen-bond acceptors (Lipinski definition) is 1. The molecule has 1 heterocycles. The van der Waals surface area contributed by atoms with Gasteiger partial charge in [-0.1, -0.05) is 48.5 Å². The number of aryl methyl sites for hydroxylation is 1. The van der Waals surface area contributed by atoms with Gasteiger partial charge in [0.25, 0.3) is 0 Å². The minimum absolute atomic E-state index is 0.968. The highest BCUT2D eigenvalue weighted by Crippen LogP contribution is 2.41. The Balaban J connectivity index is 2.12. The maximum Gasteiger partial charge on any atom is 0.142 e. The fraction of sp³-hybridized carbons (Fsp3) is 0.111. The summed E-state index contributed by atoms with van der Waals surface area (Å²) in [4.78, 5) is 0. The predicted octanol–water partition coefficient (Wildman–Crippen LogP) is 4.83. The van der Waals surface area contributed by atoms with Gasteiger partial charge < -0.3 is 4.42 Å². The highest BCUT2D eigenvalue weighted by atomic mass is 16.3. The minimum Gasteiger partial charge on any atom is -0.461 e. The number of furan rings is 1. The van der Waals surface area contributed by atoms with Crippen molar-refractivity contribution in [3.05, 3.63) is 71.5 Å². The van der Waals surface area contributed by atoms with Crippen molar-refractivity contribution < 1.29 is 4.42 Å². The summed E-state index contributed by atoms with van der Waals surface area (Å²) in [5.74, 6) is 1.98. The highest BCUT2D eigenvalue weighted by Gasteiger charge is 2.21. The second kappa shape index (κ2) is 3.86. The fourth-order valence-corrected chi connectivity index (χ4v) is 2.95. The largest absolute Gasteiger partial charge is 0.461 e. The van der Waals surface area contributed by atoms with Gasteiger partial charge in [-0.25, -0.2) is 0 Å². The van der Waals surface area contributed by atoms with Gasteiger partial charge in [-0.05, 0) is 36.1 Å². The van der Waals surface area contributed by atoms with Crippen molar-refractivity contribution >= 4 is 0 Å². The van der Waals surface area contributed by atoms with E-state index in [0.29, 0.717) is 0 Å². The fourth-order valence-electron chi connectivity index (χ4n) is 2.95. The molecule has 3 aromatic rings. The second-order valence-corrected chi connectivity index (χ2v) is 5.09. The number of rotatable bonds is 0. The van der Waals surface area contributed by atoms with Gasteiger partial charge in [0.2, 0.25) is 0 Å². The summed E-state index contributed by atoms with van der Waals surface area (Å²) >= 11 is 0. The monoisotopic (exact) mass is 246 g/mol. The van der Waals surface area contributed by atoms with Gasteiger partial charge in [-0.2, -0.15) is 0 Å². The number of benzene rings is 2. The average molecular weight is 246 g/mol. The zero-order chi connectivity index (χ0) is 12.8. The Morgan fingerprint density at radius 3 is 2.21 bits per heavy atom. The maximum atomic E-state index is 5.97. The van der Waals surface area contributed by atoms with Crippen molar-refractivity contribution in [3.63, 3.8) is 0 Å². The molecule has 4 rings (SSSR count). The summed E-state index contributed by atoms with van der Waals surface area (Å²) < 4.78 is 5.97. The van der Waals surface area contributed by atoms with Crippen molar-refractivity contribution in [3.8, 4) is 22.5 Å². The summed E-state index contributed by atoms with van der Waals surface area (Å²) in [6, 6.07) is 19.3. The molecule has 0 spiro atoms. The molecule has 0 aliphatic heterocycles. The molecule has 2 aromatic carbocycles. The van der Waals surface area contributed by atoms with Crippen LogP contribution in [0, 0.1) is 6.92 Å². The van der Waals surface area contributed by atoms with Crippen LogP contribution in [-0.2, 0) is 6.42 Å². The molecule has 0 radical (unpaired) electrons.